The van der Waals surface area contributed by atoms with Gasteiger partial charge in [-0.25, -0.2) is 4.39 Å². The van der Waals surface area contributed by atoms with E-state index in [1.54, 1.807) is 18.2 Å². The fraction of sp³-hybridized carbons (Fsp3) is 0.259. The van der Waals surface area contributed by atoms with Crippen LogP contribution in [-0.2, 0) is 26.3 Å². The minimum absolute atomic E-state index is 0.0386. The predicted octanol–water partition coefficient (Wildman–Crippen LogP) is 4.00. The molecular weight excluding hydrogens is 433 g/mol. The summed E-state index contributed by atoms with van der Waals surface area (Å²) in [5.74, 6) is -1.03. The molecule has 3 N–H and O–H groups in total. The number of amides is 2. The minimum atomic E-state index is -0.882. The number of carbonyl (C=O) groups is 2. The van der Waals surface area contributed by atoms with Gasteiger partial charge in [-0.3, -0.25) is 9.59 Å². The molecule has 0 spiro atoms. The average molecular weight is 462 g/mol. The van der Waals surface area contributed by atoms with E-state index in [0.29, 0.717) is 43.9 Å². The molecule has 0 unspecified atom stereocenters. The number of nitrogens with two attached hydrogens (primary N) is 1. The van der Waals surface area contributed by atoms with Gasteiger partial charge < -0.3 is 20.7 Å². The van der Waals surface area contributed by atoms with Crippen LogP contribution in [0.3, 0.4) is 0 Å². The first-order chi connectivity index (χ1) is 16.5. The maximum Gasteiger partial charge on any atom is 0.236 e. The van der Waals surface area contributed by atoms with Gasteiger partial charge in [-0.15, -0.1) is 0 Å². The smallest absolute Gasteiger partial charge is 0.236 e. The van der Waals surface area contributed by atoms with Crippen molar-refractivity contribution in [1.82, 2.24) is 0 Å². The third-order valence-electron chi connectivity index (χ3n) is 6.19. The largest absolute Gasteiger partial charge is 0.381 e. The van der Waals surface area contributed by atoms with Gasteiger partial charge in [0.15, 0.2) is 0 Å². The highest BCUT2D eigenvalue weighted by atomic mass is 19.1. The second-order valence-corrected chi connectivity index (χ2v) is 8.52. The summed E-state index contributed by atoms with van der Waals surface area (Å²) in [7, 11) is 0. The summed E-state index contributed by atoms with van der Waals surface area (Å²) in [6, 6.07) is 23.3. The Labute approximate surface area is 198 Å². The number of halogens is 1. The SMILES string of the molecule is NC(=O)CN(Cc1ccccc1)c1cccc(NC(=O)C2(c3cccc(F)c3)CCOCC2)c1. The van der Waals surface area contributed by atoms with Crippen LogP contribution < -0.4 is 16.0 Å². The predicted molar refractivity (Wildman–Crippen MR) is 130 cm³/mol. The van der Waals surface area contributed by atoms with Crippen LogP contribution in [0.2, 0.25) is 0 Å². The van der Waals surface area contributed by atoms with Crippen molar-refractivity contribution in [3.8, 4) is 0 Å². The zero-order valence-corrected chi connectivity index (χ0v) is 18.9. The Morgan fingerprint density at radius 1 is 0.971 bits per heavy atom. The summed E-state index contributed by atoms with van der Waals surface area (Å²) in [4.78, 5) is 27.2. The molecule has 4 rings (SSSR count). The molecule has 0 atom stereocenters. The number of nitrogens with zero attached hydrogens (tertiary/aromatic N) is 1. The molecule has 1 fully saturated rings. The van der Waals surface area contributed by atoms with Crippen molar-refractivity contribution in [2.75, 3.05) is 30.0 Å². The van der Waals surface area contributed by atoms with Crippen molar-refractivity contribution in [3.63, 3.8) is 0 Å². The maximum absolute atomic E-state index is 14.0. The summed E-state index contributed by atoms with van der Waals surface area (Å²) in [5, 5.41) is 3.02. The zero-order chi connectivity index (χ0) is 24.0. The van der Waals surface area contributed by atoms with Gasteiger partial charge in [-0.2, -0.15) is 0 Å². The Kier molecular flexibility index (Phi) is 7.23. The molecule has 0 aliphatic carbocycles. The normalized spacial score (nSPS) is 14.9. The van der Waals surface area contributed by atoms with E-state index in [4.69, 9.17) is 10.5 Å². The summed E-state index contributed by atoms with van der Waals surface area (Å²) < 4.78 is 19.5. The third-order valence-corrected chi connectivity index (χ3v) is 6.19. The van der Waals surface area contributed by atoms with E-state index in [-0.39, 0.29) is 18.3 Å². The van der Waals surface area contributed by atoms with E-state index >= 15 is 0 Å². The van der Waals surface area contributed by atoms with Crippen molar-refractivity contribution in [3.05, 3.63) is 95.8 Å². The summed E-state index contributed by atoms with van der Waals surface area (Å²) in [6.45, 7) is 1.38. The lowest BCUT2D eigenvalue weighted by atomic mass is 9.73. The van der Waals surface area contributed by atoms with Gasteiger partial charge in [-0.05, 0) is 54.3 Å². The van der Waals surface area contributed by atoms with E-state index in [1.165, 1.54) is 12.1 Å². The van der Waals surface area contributed by atoms with E-state index in [2.05, 4.69) is 5.32 Å². The highest BCUT2D eigenvalue weighted by Crippen LogP contribution is 2.37. The number of anilines is 2. The van der Waals surface area contributed by atoms with Crippen molar-refractivity contribution < 1.29 is 18.7 Å². The number of rotatable bonds is 8. The number of hydrogen-bond acceptors (Lipinski definition) is 4. The number of primary amides is 1. The minimum Gasteiger partial charge on any atom is -0.381 e. The second-order valence-electron chi connectivity index (χ2n) is 8.52. The number of ether oxygens (including phenoxy) is 1. The van der Waals surface area contributed by atoms with Gasteiger partial charge >= 0.3 is 0 Å². The molecule has 0 saturated carbocycles. The van der Waals surface area contributed by atoms with Crippen LogP contribution in [0.1, 0.15) is 24.0 Å². The average Bonchev–Trinajstić information content (AvgIpc) is 2.84. The van der Waals surface area contributed by atoms with Crippen molar-refractivity contribution in [1.29, 1.82) is 0 Å². The molecule has 3 aromatic carbocycles. The fourth-order valence-corrected chi connectivity index (χ4v) is 4.41. The van der Waals surface area contributed by atoms with Crippen LogP contribution in [-0.4, -0.2) is 31.6 Å². The molecule has 1 saturated heterocycles. The van der Waals surface area contributed by atoms with Crippen LogP contribution in [0, 0.1) is 5.82 Å². The van der Waals surface area contributed by atoms with Crippen LogP contribution >= 0.6 is 0 Å². The number of nitrogens with one attached hydrogen (secondary N) is 1. The van der Waals surface area contributed by atoms with E-state index < -0.39 is 11.3 Å². The van der Waals surface area contributed by atoms with Gasteiger partial charge in [0.1, 0.15) is 5.82 Å². The van der Waals surface area contributed by atoms with Gasteiger partial charge in [0.2, 0.25) is 11.8 Å². The molecule has 1 heterocycles. The maximum atomic E-state index is 14.0. The number of carbonyl (C=O) groups excluding carboxylic acids is 2. The van der Waals surface area contributed by atoms with Gasteiger partial charge in [0, 0.05) is 31.1 Å². The molecule has 7 heteroatoms. The molecule has 176 valence electrons. The number of hydrogen-bond donors (Lipinski definition) is 2. The molecule has 34 heavy (non-hydrogen) atoms. The van der Waals surface area contributed by atoms with Gasteiger partial charge in [0.25, 0.3) is 0 Å². The van der Waals surface area contributed by atoms with Crippen molar-refractivity contribution >= 4 is 23.2 Å². The molecule has 1 aliphatic heterocycles. The molecule has 0 aromatic heterocycles. The Balaban J connectivity index is 1.59. The first-order valence-electron chi connectivity index (χ1n) is 11.3. The molecule has 0 radical (unpaired) electrons. The van der Waals surface area contributed by atoms with Gasteiger partial charge in [0.05, 0.1) is 12.0 Å². The van der Waals surface area contributed by atoms with Crippen molar-refractivity contribution in [2.24, 2.45) is 5.73 Å². The van der Waals surface area contributed by atoms with E-state index in [1.807, 2.05) is 53.4 Å². The van der Waals surface area contributed by atoms with Crippen molar-refractivity contribution in [2.45, 2.75) is 24.8 Å². The lowest BCUT2D eigenvalue weighted by Crippen LogP contribution is -2.45. The first kappa shape index (κ1) is 23.4. The topological polar surface area (TPSA) is 84.7 Å². The molecule has 0 bridgehead atoms. The van der Waals surface area contributed by atoms with Crippen LogP contribution in [0.4, 0.5) is 15.8 Å². The van der Waals surface area contributed by atoms with Crippen LogP contribution in [0.5, 0.6) is 0 Å². The lowest BCUT2D eigenvalue weighted by molar-refractivity contribution is -0.125. The summed E-state index contributed by atoms with van der Waals surface area (Å²) in [6.07, 6.45) is 0.924. The molecule has 1 aliphatic rings. The lowest BCUT2D eigenvalue weighted by Gasteiger charge is -2.36. The molecular formula is C27H28FN3O3. The third kappa shape index (κ3) is 5.43. The molecule has 3 aromatic rings. The van der Waals surface area contributed by atoms with Crippen LogP contribution in [0.25, 0.3) is 0 Å². The Morgan fingerprint density at radius 2 is 1.71 bits per heavy atom. The monoisotopic (exact) mass is 461 g/mol. The zero-order valence-electron chi connectivity index (χ0n) is 18.9. The Hall–Kier alpha value is -3.71. The van der Waals surface area contributed by atoms with Gasteiger partial charge in [-0.1, -0.05) is 48.5 Å². The molecule has 2 amide bonds. The van der Waals surface area contributed by atoms with Crippen LogP contribution in [0.15, 0.2) is 78.9 Å². The number of benzene rings is 3. The second kappa shape index (κ2) is 10.5. The quantitative estimate of drug-likeness (QED) is 0.531. The highest BCUT2D eigenvalue weighted by molar-refractivity contribution is 5.99. The Bertz CT molecular complexity index is 1150. The Morgan fingerprint density at radius 3 is 2.41 bits per heavy atom. The first-order valence-corrected chi connectivity index (χ1v) is 11.3. The summed E-state index contributed by atoms with van der Waals surface area (Å²) in [5.41, 5.74) is 7.64. The summed E-state index contributed by atoms with van der Waals surface area (Å²) >= 11 is 0. The highest BCUT2D eigenvalue weighted by Gasteiger charge is 2.42. The standard InChI is InChI=1S/C27H28FN3O3/c28-22-9-4-8-21(16-22)27(12-14-34-15-13-27)26(33)30-23-10-5-11-24(17-23)31(19-25(29)32)18-20-6-2-1-3-7-20/h1-11,16-17H,12-15,18-19H2,(H2,29,32)(H,30,33). The van der Waals surface area contributed by atoms with E-state index in [0.717, 1.165) is 11.3 Å². The molecule has 6 nitrogen and oxygen atoms in total. The van der Waals surface area contributed by atoms with E-state index in [9.17, 15) is 14.0 Å². The fourth-order valence-electron chi connectivity index (χ4n) is 4.41.